The average molecular weight is 436 g/mol. The second kappa shape index (κ2) is 6.64. The van der Waals surface area contributed by atoms with Crippen LogP contribution in [0.5, 0.6) is 0 Å². The number of para-hydroxylation sites is 1. The fourth-order valence-electron chi connectivity index (χ4n) is 4.13. The summed E-state index contributed by atoms with van der Waals surface area (Å²) in [5.74, 6) is 0.585. The molecule has 1 aromatic carbocycles. The van der Waals surface area contributed by atoms with Crippen molar-refractivity contribution in [1.29, 1.82) is 0 Å². The minimum atomic E-state index is -0.419. The van der Waals surface area contributed by atoms with Gasteiger partial charge in [0.25, 0.3) is 5.56 Å². The first-order chi connectivity index (χ1) is 15.1. The number of nitrogens with one attached hydrogen (secondary N) is 1. The van der Waals surface area contributed by atoms with Gasteiger partial charge in [-0.15, -0.1) is 0 Å². The number of hydrogen-bond donors (Lipinski definition) is 1. The van der Waals surface area contributed by atoms with Gasteiger partial charge in [-0.2, -0.15) is 5.10 Å². The number of fused-ring (bicyclic) bond motifs is 2. The van der Waals surface area contributed by atoms with E-state index in [1.165, 1.54) is 17.0 Å². The molecule has 1 atom stereocenters. The Kier molecular flexibility index (Phi) is 3.87. The van der Waals surface area contributed by atoms with Crippen LogP contribution in [0, 0.1) is 5.82 Å². The monoisotopic (exact) mass is 435 g/mol. The van der Waals surface area contributed by atoms with Crippen LogP contribution in [0.2, 0.25) is 5.02 Å². The molecule has 4 aromatic heterocycles. The molecule has 0 radical (unpaired) electrons. The van der Waals surface area contributed by atoms with Crippen molar-refractivity contribution in [1.82, 2.24) is 29.1 Å². The number of H-pyrrole nitrogens is 1. The summed E-state index contributed by atoms with van der Waals surface area (Å²) >= 11 is 6.27. The van der Waals surface area contributed by atoms with Crippen LogP contribution in [0.15, 0.2) is 59.9 Å². The van der Waals surface area contributed by atoms with Crippen LogP contribution < -0.4 is 10.5 Å². The van der Waals surface area contributed by atoms with E-state index in [1.807, 2.05) is 35.2 Å². The number of rotatable bonds is 3. The van der Waals surface area contributed by atoms with Crippen molar-refractivity contribution in [3.8, 4) is 5.69 Å². The molecule has 0 amide bonds. The molecular formula is C21H15ClFN7O. The van der Waals surface area contributed by atoms with Crippen LogP contribution in [-0.2, 0) is 0 Å². The molecule has 1 saturated heterocycles. The minimum Gasteiger partial charge on any atom is -0.345 e. The lowest BCUT2D eigenvalue weighted by Crippen LogP contribution is -2.45. The molecule has 1 aliphatic rings. The number of benzene rings is 1. The van der Waals surface area contributed by atoms with E-state index in [2.05, 4.69) is 15.0 Å². The highest BCUT2D eigenvalue weighted by molar-refractivity contribution is 6.33. The van der Waals surface area contributed by atoms with Crippen molar-refractivity contribution in [3.05, 3.63) is 82.1 Å². The van der Waals surface area contributed by atoms with E-state index in [1.54, 1.807) is 16.8 Å². The second-order valence-corrected chi connectivity index (χ2v) is 7.75. The number of nitrogens with zero attached hydrogens (tertiary/aromatic N) is 6. The summed E-state index contributed by atoms with van der Waals surface area (Å²) in [6.07, 6.45) is 5.06. The topological polar surface area (TPSA) is 84.1 Å². The van der Waals surface area contributed by atoms with Crippen molar-refractivity contribution in [2.45, 2.75) is 12.5 Å². The number of halogens is 2. The van der Waals surface area contributed by atoms with Gasteiger partial charge in [0.15, 0.2) is 11.6 Å². The zero-order chi connectivity index (χ0) is 21.1. The van der Waals surface area contributed by atoms with Crippen molar-refractivity contribution < 1.29 is 4.39 Å². The van der Waals surface area contributed by atoms with Gasteiger partial charge < -0.3 is 9.88 Å². The average Bonchev–Trinajstić information content (AvgIpc) is 3.32. The van der Waals surface area contributed by atoms with Crippen LogP contribution >= 0.6 is 11.6 Å². The number of aromatic nitrogens is 6. The van der Waals surface area contributed by atoms with Gasteiger partial charge in [0.1, 0.15) is 23.3 Å². The summed E-state index contributed by atoms with van der Waals surface area (Å²) in [5.41, 5.74) is 1.15. The van der Waals surface area contributed by atoms with Crippen LogP contribution in [0.25, 0.3) is 22.2 Å². The summed E-state index contributed by atoms with van der Waals surface area (Å²) < 4.78 is 17.5. The van der Waals surface area contributed by atoms with E-state index in [0.29, 0.717) is 45.4 Å². The third kappa shape index (κ3) is 2.59. The molecule has 0 bridgehead atoms. The SMILES string of the molecule is O=c1c2c(Cl)ccn2nc([C@@H]2CCN2c2ncnc3[nH]cc(F)c23)n1-c1ccccc1. The Labute approximate surface area is 179 Å². The first-order valence-electron chi connectivity index (χ1n) is 9.73. The Balaban J connectivity index is 1.58. The van der Waals surface area contributed by atoms with E-state index in [0.717, 1.165) is 6.42 Å². The van der Waals surface area contributed by atoms with E-state index < -0.39 is 5.82 Å². The smallest absolute Gasteiger partial charge is 0.284 e. The molecule has 0 unspecified atom stereocenters. The van der Waals surface area contributed by atoms with Crippen molar-refractivity contribution in [3.63, 3.8) is 0 Å². The van der Waals surface area contributed by atoms with E-state index >= 15 is 0 Å². The zero-order valence-electron chi connectivity index (χ0n) is 16.0. The lowest BCUT2D eigenvalue weighted by Gasteiger charge is -2.42. The van der Waals surface area contributed by atoms with Crippen molar-refractivity contribution in [2.24, 2.45) is 0 Å². The Morgan fingerprint density at radius 1 is 1.16 bits per heavy atom. The highest BCUT2D eigenvalue weighted by atomic mass is 35.5. The van der Waals surface area contributed by atoms with Crippen LogP contribution in [0.4, 0.5) is 10.2 Å². The molecule has 0 saturated carbocycles. The zero-order valence-corrected chi connectivity index (χ0v) is 16.8. The predicted molar refractivity (Wildman–Crippen MR) is 114 cm³/mol. The molecule has 1 N–H and O–H groups in total. The largest absolute Gasteiger partial charge is 0.345 e. The molecule has 1 aliphatic heterocycles. The second-order valence-electron chi connectivity index (χ2n) is 7.35. The summed E-state index contributed by atoms with van der Waals surface area (Å²) in [6.45, 7) is 0.649. The Bertz CT molecular complexity index is 1510. The summed E-state index contributed by atoms with van der Waals surface area (Å²) in [4.78, 5) is 26.7. The normalized spacial score (nSPS) is 16.2. The lowest BCUT2D eigenvalue weighted by atomic mass is 10.0. The molecule has 31 heavy (non-hydrogen) atoms. The third-order valence-corrected chi connectivity index (χ3v) is 5.97. The maximum absolute atomic E-state index is 14.4. The van der Waals surface area contributed by atoms with E-state index in [9.17, 15) is 9.18 Å². The number of anilines is 1. The summed E-state index contributed by atoms with van der Waals surface area (Å²) in [5, 5.41) is 5.39. The van der Waals surface area contributed by atoms with Gasteiger partial charge in [-0.1, -0.05) is 29.8 Å². The Morgan fingerprint density at radius 2 is 2.00 bits per heavy atom. The highest BCUT2D eigenvalue weighted by Crippen LogP contribution is 2.39. The van der Waals surface area contributed by atoms with Crippen molar-refractivity contribution >= 4 is 34.0 Å². The molecule has 5 heterocycles. The number of hydrogen-bond acceptors (Lipinski definition) is 5. The highest BCUT2D eigenvalue weighted by Gasteiger charge is 2.37. The maximum atomic E-state index is 14.4. The van der Waals surface area contributed by atoms with Crippen LogP contribution in [0.1, 0.15) is 18.3 Å². The number of aromatic amines is 1. The first-order valence-corrected chi connectivity index (χ1v) is 10.1. The lowest BCUT2D eigenvalue weighted by molar-refractivity contribution is 0.424. The van der Waals surface area contributed by atoms with Gasteiger partial charge in [-0.3, -0.25) is 9.36 Å². The molecular weight excluding hydrogens is 421 g/mol. The molecule has 10 heteroatoms. The quantitative estimate of drug-likeness (QED) is 0.469. The molecule has 1 fully saturated rings. The first kappa shape index (κ1) is 18.1. The molecule has 154 valence electrons. The van der Waals surface area contributed by atoms with Gasteiger partial charge in [0, 0.05) is 18.9 Å². The Morgan fingerprint density at radius 3 is 2.77 bits per heavy atom. The standard InChI is InChI=1S/C21H15ClFN7O/c22-13-6-9-29-17(13)21(31)30(12-4-2-1-3-5-12)19(27-29)15-7-8-28(15)20-16-14(23)10-24-18(16)25-11-26-20/h1-6,9-11,15H,7-8H2,(H,24,25,26)/t15-/m0/s1. The fraction of sp³-hybridized carbons (Fsp3) is 0.143. The molecule has 0 aliphatic carbocycles. The maximum Gasteiger partial charge on any atom is 0.284 e. The van der Waals surface area contributed by atoms with Gasteiger partial charge >= 0.3 is 0 Å². The molecule has 0 spiro atoms. The Hall–Kier alpha value is -3.72. The van der Waals surface area contributed by atoms with E-state index in [-0.39, 0.29) is 11.6 Å². The predicted octanol–water partition coefficient (Wildman–Crippen LogP) is 3.50. The van der Waals surface area contributed by atoms with Gasteiger partial charge in [0.2, 0.25) is 0 Å². The third-order valence-electron chi connectivity index (χ3n) is 5.67. The summed E-state index contributed by atoms with van der Waals surface area (Å²) in [6, 6.07) is 10.7. The van der Waals surface area contributed by atoms with Gasteiger partial charge in [-0.25, -0.2) is 18.9 Å². The molecule has 5 aromatic rings. The molecule has 8 nitrogen and oxygen atoms in total. The van der Waals surface area contributed by atoms with Crippen LogP contribution in [-0.4, -0.2) is 35.7 Å². The fourth-order valence-corrected chi connectivity index (χ4v) is 4.35. The summed E-state index contributed by atoms with van der Waals surface area (Å²) in [7, 11) is 0. The van der Waals surface area contributed by atoms with Crippen molar-refractivity contribution in [2.75, 3.05) is 11.4 Å². The minimum absolute atomic E-state index is 0.265. The van der Waals surface area contributed by atoms with Crippen LogP contribution in [0.3, 0.4) is 0 Å². The van der Waals surface area contributed by atoms with Gasteiger partial charge in [-0.05, 0) is 24.6 Å². The van der Waals surface area contributed by atoms with E-state index in [4.69, 9.17) is 16.7 Å². The van der Waals surface area contributed by atoms with Gasteiger partial charge in [0.05, 0.1) is 22.1 Å². The molecule has 6 rings (SSSR count).